The van der Waals surface area contributed by atoms with Crippen LogP contribution in [0.25, 0.3) is 0 Å². The molecule has 1 spiro atoms. The van der Waals surface area contributed by atoms with E-state index in [0.29, 0.717) is 17.4 Å². The van der Waals surface area contributed by atoms with E-state index in [1.807, 2.05) is 6.07 Å². The van der Waals surface area contributed by atoms with Crippen molar-refractivity contribution in [3.8, 4) is 5.75 Å². The molecule has 4 N–H and O–H groups in total. The fraction of sp³-hybridized carbons (Fsp3) is 0.750. The van der Waals surface area contributed by atoms with Crippen LogP contribution in [0.3, 0.4) is 0 Å². The molecule has 4 aliphatic carbocycles. The van der Waals surface area contributed by atoms with E-state index in [2.05, 4.69) is 0 Å². The Morgan fingerprint density at radius 3 is 2.21 bits per heavy atom. The predicted octanol–water partition coefficient (Wildman–Crippen LogP) is 1.47. The van der Waals surface area contributed by atoms with Crippen molar-refractivity contribution in [2.75, 3.05) is 13.7 Å². The van der Waals surface area contributed by atoms with Gasteiger partial charge in [0.05, 0.1) is 11.6 Å². The summed E-state index contributed by atoms with van der Waals surface area (Å²) in [6.45, 7) is -0.552. The van der Waals surface area contributed by atoms with Gasteiger partial charge in [-0.15, -0.1) is 0 Å². The Morgan fingerprint density at radius 1 is 0.971 bits per heavy atom. The third-order valence-corrected chi connectivity index (χ3v) is 9.25. The lowest BCUT2D eigenvalue weighted by Gasteiger charge is -2.68. The summed E-state index contributed by atoms with van der Waals surface area (Å²) in [6, 6.07) is 5.17. The van der Waals surface area contributed by atoms with Crippen LogP contribution < -0.4 is 4.74 Å². The van der Waals surface area contributed by atoms with E-state index >= 15 is 0 Å². The zero-order valence-corrected chi connectivity index (χ0v) is 19.6. The number of benzene rings is 1. The quantitative estimate of drug-likeness (QED) is 0.446. The molecule has 6 aliphatic rings. The van der Waals surface area contributed by atoms with Crippen LogP contribution in [0.5, 0.6) is 5.75 Å². The first kappa shape index (κ1) is 23.4. The normalized spacial score (nSPS) is 49.3. The minimum Gasteiger partial charge on any atom is -0.460 e. The highest BCUT2D eigenvalue weighted by atomic mass is 35.5. The summed E-state index contributed by atoms with van der Waals surface area (Å²) in [7, 11) is 1.59. The average Bonchev–Trinajstić information content (AvgIpc) is 2.81. The van der Waals surface area contributed by atoms with Gasteiger partial charge in [0.15, 0.2) is 5.60 Å². The Hall–Kier alpha value is -1.01. The second kappa shape index (κ2) is 8.26. The van der Waals surface area contributed by atoms with Crippen LogP contribution in [0.2, 0.25) is 5.02 Å². The smallest absolute Gasteiger partial charge is 0.262 e. The number of hydrogen-bond acceptors (Lipinski definition) is 9. The van der Waals surface area contributed by atoms with Gasteiger partial charge >= 0.3 is 0 Å². The van der Waals surface area contributed by atoms with Gasteiger partial charge in [-0.3, -0.25) is 0 Å². The Labute approximate surface area is 202 Å². The molecule has 2 heterocycles. The molecule has 34 heavy (non-hydrogen) atoms. The van der Waals surface area contributed by atoms with Gasteiger partial charge in [-0.1, -0.05) is 23.7 Å². The molecule has 7 rings (SSSR count). The van der Waals surface area contributed by atoms with Gasteiger partial charge in [0.2, 0.25) is 6.29 Å². The van der Waals surface area contributed by atoms with Gasteiger partial charge in [-0.2, -0.15) is 4.89 Å². The fourth-order valence-corrected chi connectivity index (χ4v) is 7.77. The molecule has 0 amide bonds. The molecule has 6 unspecified atom stereocenters. The fourth-order valence-electron chi connectivity index (χ4n) is 7.48. The minimum atomic E-state index is -1.55. The van der Waals surface area contributed by atoms with E-state index in [0.717, 1.165) is 37.5 Å². The molecule has 1 aromatic carbocycles. The second-order valence-corrected chi connectivity index (χ2v) is 10.9. The summed E-state index contributed by atoms with van der Waals surface area (Å²) >= 11 is 6.84. The highest BCUT2D eigenvalue weighted by molar-refractivity contribution is 6.33. The van der Waals surface area contributed by atoms with E-state index in [9.17, 15) is 20.4 Å². The molecule has 6 atom stereocenters. The predicted molar refractivity (Wildman–Crippen MR) is 116 cm³/mol. The molecule has 188 valence electrons. The van der Waals surface area contributed by atoms with Crippen molar-refractivity contribution in [3.63, 3.8) is 0 Å². The lowest BCUT2D eigenvalue weighted by atomic mass is 9.47. The van der Waals surface area contributed by atoms with Crippen molar-refractivity contribution >= 4 is 11.6 Å². The monoisotopic (exact) mass is 498 g/mol. The van der Waals surface area contributed by atoms with Crippen LogP contribution in [0.4, 0.5) is 0 Å². The molecule has 2 saturated heterocycles. The SMILES string of the molecule is COC1(c2cccc(OC3OC(CO)C(O)C(O)C3O)c2Cl)OOC12C1CC3CC(C1)CC2C3. The standard InChI is InChI=1S/C24H31ClO9/c1-30-24(23(33-34-24)13-6-11-5-12(8-13)9-14(23)7-11)15-3-2-4-16(18(15)25)31-22-21(29)20(28)19(27)17(10-26)32-22/h2-4,11-14,17,19-22,26-29H,5-10H2,1H3. The summed E-state index contributed by atoms with van der Waals surface area (Å²) < 4.78 is 17.4. The van der Waals surface area contributed by atoms with E-state index in [4.69, 9.17) is 35.6 Å². The maximum absolute atomic E-state index is 10.4. The van der Waals surface area contributed by atoms with Gasteiger partial charge in [0.1, 0.15) is 30.2 Å². The molecule has 0 aromatic heterocycles. The number of hydrogen-bond donors (Lipinski definition) is 4. The summed E-state index contributed by atoms with van der Waals surface area (Å²) in [5.41, 5.74) is -0.0573. The zero-order valence-electron chi connectivity index (χ0n) is 18.9. The Morgan fingerprint density at radius 2 is 1.65 bits per heavy atom. The first-order valence-corrected chi connectivity index (χ1v) is 12.4. The highest BCUT2D eigenvalue weighted by Crippen LogP contribution is 2.70. The molecule has 6 fully saturated rings. The molecular weight excluding hydrogens is 468 g/mol. The van der Waals surface area contributed by atoms with Crippen LogP contribution in [0.1, 0.15) is 37.7 Å². The number of halogens is 1. The van der Waals surface area contributed by atoms with Crippen LogP contribution in [0.15, 0.2) is 18.2 Å². The lowest BCUT2D eigenvalue weighted by molar-refractivity contribution is -0.645. The van der Waals surface area contributed by atoms with Gasteiger partial charge in [-0.25, -0.2) is 4.89 Å². The Bertz CT molecular complexity index is 909. The van der Waals surface area contributed by atoms with Crippen LogP contribution in [0, 0.1) is 23.7 Å². The first-order valence-electron chi connectivity index (χ1n) is 12.0. The summed E-state index contributed by atoms with van der Waals surface area (Å²) in [5, 5.41) is 40.2. The summed E-state index contributed by atoms with van der Waals surface area (Å²) in [4.78, 5) is 11.8. The van der Waals surface area contributed by atoms with Crippen molar-refractivity contribution in [1.82, 2.24) is 0 Å². The van der Waals surface area contributed by atoms with Crippen molar-refractivity contribution in [2.24, 2.45) is 23.7 Å². The summed E-state index contributed by atoms with van der Waals surface area (Å²) in [5.74, 6) is 1.06. The van der Waals surface area contributed by atoms with Crippen molar-refractivity contribution in [2.45, 2.75) is 74.2 Å². The summed E-state index contributed by atoms with van der Waals surface area (Å²) in [6.07, 6.45) is -1.38. The van der Waals surface area contributed by atoms with Crippen molar-refractivity contribution < 1.29 is 44.4 Å². The maximum Gasteiger partial charge on any atom is 0.262 e. The second-order valence-electron chi connectivity index (χ2n) is 10.5. The molecule has 1 aromatic rings. The minimum absolute atomic E-state index is 0.189. The number of aliphatic hydroxyl groups excluding tert-OH is 4. The largest absolute Gasteiger partial charge is 0.460 e. The molecule has 9 nitrogen and oxygen atoms in total. The third kappa shape index (κ3) is 3.02. The highest BCUT2D eigenvalue weighted by Gasteiger charge is 2.77. The van der Waals surface area contributed by atoms with E-state index in [-0.39, 0.29) is 10.8 Å². The third-order valence-electron chi connectivity index (χ3n) is 8.86. The molecule has 2 aliphatic heterocycles. The number of rotatable bonds is 5. The van der Waals surface area contributed by atoms with Gasteiger partial charge in [-0.05, 0) is 61.8 Å². The van der Waals surface area contributed by atoms with Crippen LogP contribution >= 0.6 is 11.6 Å². The van der Waals surface area contributed by atoms with Crippen molar-refractivity contribution in [1.29, 1.82) is 0 Å². The molecular formula is C24H31ClO9. The average molecular weight is 499 g/mol. The lowest BCUT2D eigenvalue weighted by Crippen LogP contribution is -2.76. The molecule has 4 saturated carbocycles. The Kier molecular flexibility index (Phi) is 5.68. The van der Waals surface area contributed by atoms with E-state index in [1.54, 1.807) is 19.2 Å². The van der Waals surface area contributed by atoms with Gasteiger partial charge in [0.25, 0.3) is 5.79 Å². The number of aliphatic hydroxyl groups is 4. The molecule has 0 radical (unpaired) electrons. The van der Waals surface area contributed by atoms with E-state index in [1.165, 1.54) is 6.42 Å². The zero-order chi connectivity index (χ0) is 23.8. The maximum atomic E-state index is 10.4. The topological polar surface area (TPSA) is 127 Å². The van der Waals surface area contributed by atoms with E-state index < -0.39 is 48.7 Å². The van der Waals surface area contributed by atoms with Crippen molar-refractivity contribution in [3.05, 3.63) is 28.8 Å². The number of methoxy groups -OCH3 is 1. The Balaban J connectivity index is 1.33. The molecule has 4 bridgehead atoms. The van der Waals surface area contributed by atoms with Crippen LogP contribution in [-0.4, -0.2) is 70.4 Å². The van der Waals surface area contributed by atoms with Crippen LogP contribution in [-0.2, 0) is 25.0 Å². The van der Waals surface area contributed by atoms with Gasteiger partial charge < -0.3 is 34.6 Å². The number of ether oxygens (including phenoxy) is 3. The van der Waals surface area contributed by atoms with Gasteiger partial charge in [0, 0.05) is 12.7 Å². The first-order chi connectivity index (χ1) is 16.3. The molecule has 10 heteroatoms.